The predicted octanol–water partition coefficient (Wildman–Crippen LogP) is 2.35. The van der Waals surface area contributed by atoms with E-state index in [-0.39, 0.29) is 18.5 Å². The van der Waals surface area contributed by atoms with E-state index < -0.39 is 5.97 Å². The molecule has 1 aliphatic rings. The average molecular weight is 329 g/mol. The summed E-state index contributed by atoms with van der Waals surface area (Å²) < 4.78 is 2.72. The minimum atomic E-state index is -0.965. The number of carbonyl (C=O) groups is 2. The summed E-state index contributed by atoms with van der Waals surface area (Å²) in [6.45, 7) is 2.56. The Hall–Kier alpha value is -1.30. The number of carboxylic acid groups (broad SMARTS) is 1. The molecule has 1 amide bonds. The zero-order valence-electron chi connectivity index (χ0n) is 10.8. The van der Waals surface area contributed by atoms with Crippen molar-refractivity contribution in [1.82, 2.24) is 9.47 Å². The van der Waals surface area contributed by atoms with Crippen LogP contribution in [0.15, 0.2) is 16.7 Å². The number of hydrogen-bond donors (Lipinski definition) is 1. The van der Waals surface area contributed by atoms with Crippen LogP contribution in [-0.2, 0) is 11.3 Å². The van der Waals surface area contributed by atoms with Gasteiger partial charge in [0.2, 0.25) is 0 Å². The summed E-state index contributed by atoms with van der Waals surface area (Å²) in [5.74, 6) is -1.16. The van der Waals surface area contributed by atoms with Gasteiger partial charge in [-0.3, -0.25) is 9.59 Å². The van der Waals surface area contributed by atoms with Crippen molar-refractivity contribution >= 4 is 27.8 Å². The number of halogens is 1. The number of carbonyl (C=O) groups excluding carboxylic acids is 1. The monoisotopic (exact) mass is 328 g/mol. The van der Waals surface area contributed by atoms with Gasteiger partial charge in [0.25, 0.3) is 5.91 Å². The molecule has 0 saturated heterocycles. The highest BCUT2D eigenvalue weighted by atomic mass is 79.9. The summed E-state index contributed by atoms with van der Waals surface area (Å²) in [6, 6.07) is 1.85. The number of nitrogens with zero attached hydrogens (tertiary/aromatic N) is 2. The number of aliphatic carboxylic acids is 1. The van der Waals surface area contributed by atoms with Crippen LogP contribution in [-0.4, -0.2) is 39.0 Å². The molecule has 0 aromatic carbocycles. The lowest BCUT2D eigenvalue weighted by molar-refractivity contribution is -0.137. The lowest BCUT2D eigenvalue weighted by Gasteiger charge is -2.21. The standard InChI is InChI=1S/C13H17BrN2O3/c1-2-5-15-7-9(14)6-11(15)13(19)16(8-12(17)18)10-3-4-10/h6-7,10H,2-5,8H2,1H3,(H,17,18). The summed E-state index contributed by atoms with van der Waals surface area (Å²) in [6.07, 6.45) is 4.58. The molecule has 1 aromatic rings. The van der Waals surface area contributed by atoms with Gasteiger partial charge in [0.05, 0.1) is 0 Å². The van der Waals surface area contributed by atoms with Crippen molar-refractivity contribution in [3.8, 4) is 0 Å². The number of amides is 1. The molecule has 1 aliphatic carbocycles. The molecule has 104 valence electrons. The van der Waals surface area contributed by atoms with Gasteiger partial charge in [-0.25, -0.2) is 0 Å². The van der Waals surface area contributed by atoms with Crippen molar-refractivity contribution in [2.75, 3.05) is 6.54 Å². The molecule has 1 N–H and O–H groups in total. The van der Waals surface area contributed by atoms with E-state index in [1.54, 1.807) is 6.07 Å². The van der Waals surface area contributed by atoms with Crippen molar-refractivity contribution in [3.63, 3.8) is 0 Å². The van der Waals surface area contributed by atoms with Gasteiger partial charge in [0, 0.05) is 23.3 Å². The van der Waals surface area contributed by atoms with Gasteiger partial charge in [-0.1, -0.05) is 6.92 Å². The largest absolute Gasteiger partial charge is 0.480 e. The Kier molecular flexibility index (Phi) is 4.29. The second kappa shape index (κ2) is 5.77. The first-order valence-corrected chi connectivity index (χ1v) is 7.20. The fraction of sp³-hybridized carbons (Fsp3) is 0.538. The van der Waals surface area contributed by atoms with E-state index in [2.05, 4.69) is 15.9 Å². The molecular formula is C13H17BrN2O3. The number of aryl methyl sites for hydroxylation is 1. The lowest BCUT2D eigenvalue weighted by Crippen LogP contribution is -2.38. The summed E-state index contributed by atoms with van der Waals surface area (Å²) in [5, 5.41) is 8.92. The van der Waals surface area contributed by atoms with Crippen LogP contribution in [0.2, 0.25) is 0 Å². The van der Waals surface area contributed by atoms with Crippen molar-refractivity contribution in [2.45, 2.75) is 38.8 Å². The quantitative estimate of drug-likeness (QED) is 0.871. The lowest BCUT2D eigenvalue weighted by atomic mass is 10.3. The minimum absolute atomic E-state index is 0.0901. The fourth-order valence-corrected chi connectivity index (χ4v) is 2.59. The topological polar surface area (TPSA) is 62.5 Å². The molecule has 5 nitrogen and oxygen atoms in total. The minimum Gasteiger partial charge on any atom is -0.480 e. The van der Waals surface area contributed by atoms with E-state index in [4.69, 9.17) is 5.11 Å². The molecule has 1 fully saturated rings. The highest BCUT2D eigenvalue weighted by Gasteiger charge is 2.35. The van der Waals surface area contributed by atoms with Crippen molar-refractivity contribution in [3.05, 3.63) is 22.4 Å². The van der Waals surface area contributed by atoms with Gasteiger partial charge in [-0.15, -0.1) is 0 Å². The van der Waals surface area contributed by atoms with Crippen molar-refractivity contribution in [1.29, 1.82) is 0 Å². The number of hydrogen-bond acceptors (Lipinski definition) is 2. The molecule has 1 aromatic heterocycles. The predicted molar refractivity (Wildman–Crippen MR) is 74.1 cm³/mol. The third-order valence-electron chi connectivity index (χ3n) is 3.10. The fourth-order valence-electron chi connectivity index (χ4n) is 2.13. The summed E-state index contributed by atoms with van der Waals surface area (Å²) in [7, 11) is 0. The first kappa shape index (κ1) is 14.1. The zero-order chi connectivity index (χ0) is 14.0. The van der Waals surface area contributed by atoms with Gasteiger partial charge < -0.3 is 14.6 Å². The van der Waals surface area contributed by atoms with Gasteiger partial charge in [-0.2, -0.15) is 0 Å². The number of carboxylic acids is 1. The Bertz CT molecular complexity index is 494. The van der Waals surface area contributed by atoms with Crippen LogP contribution in [0.4, 0.5) is 0 Å². The molecule has 0 radical (unpaired) electrons. The molecule has 0 unspecified atom stereocenters. The Morgan fingerprint density at radius 3 is 2.74 bits per heavy atom. The van der Waals surface area contributed by atoms with Crippen LogP contribution in [0.5, 0.6) is 0 Å². The average Bonchev–Trinajstić information content (AvgIpc) is 3.10. The molecule has 0 spiro atoms. The third-order valence-corrected chi connectivity index (χ3v) is 3.53. The Labute approximate surface area is 120 Å². The molecule has 1 heterocycles. The number of aromatic nitrogens is 1. The first-order chi connectivity index (χ1) is 9.02. The van der Waals surface area contributed by atoms with E-state index >= 15 is 0 Å². The van der Waals surface area contributed by atoms with E-state index in [0.29, 0.717) is 5.69 Å². The maximum Gasteiger partial charge on any atom is 0.323 e. The maximum atomic E-state index is 12.5. The van der Waals surface area contributed by atoms with Crippen molar-refractivity contribution in [2.24, 2.45) is 0 Å². The third kappa shape index (κ3) is 3.37. The highest BCUT2D eigenvalue weighted by molar-refractivity contribution is 9.10. The Morgan fingerprint density at radius 2 is 2.21 bits per heavy atom. The van der Waals surface area contributed by atoms with E-state index in [0.717, 1.165) is 30.3 Å². The van der Waals surface area contributed by atoms with Gasteiger partial charge in [-0.05, 0) is 41.3 Å². The summed E-state index contributed by atoms with van der Waals surface area (Å²) in [4.78, 5) is 24.8. The molecule has 0 bridgehead atoms. The second-order valence-electron chi connectivity index (χ2n) is 4.79. The van der Waals surface area contributed by atoms with E-state index in [9.17, 15) is 9.59 Å². The summed E-state index contributed by atoms with van der Waals surface area (Å²) >= 11 is 3.37. The van der Waals surface area contributed by atoms with Gasteiger partial charge in [0.15, 0.2) is 0 Å². The van der Waals surface area contributed by atoms with Crippen LogP contribution in [0.3, 0.4) is 0 Å². The maximum absolute atomic E-state index is 12.5. The molecule has 1 saturated carbocycles. The second-order valence-corrected chi connectivity index (χ2v) is 5.71. The SMILES string of the molecule is CCCn1cc(Br)cc1C(=O)N(CC(=O)O)C1CC1. The zero-order valence-corrected chi connectivity index (χ0v) is 12.4. The normalized spacial score (nSPS) is 14.4. The van der Waals surface area contributed by atoms with Crippen LogP contribution in [0, 0.1) is 0 Å². The summed E-state index contributed by atoms with van der Waals surface area (Å²) in [5.41, 5.74) is 0.557. The van der Waals surface area contributed by atoms with Crippen LogP contribution >= 0.6 is 15.9 Å². The van der Waals surface area contributed by atoms with Crippen LogP contribution in [0.1, 0.15) is 36.7 Å². The van der Waals surface area contributed by atoms with E-state index in [1.165, 1.54) is 4.90 Å². The molecular weight excluding hydrogens is 312 g/mol. The molecule has 2 rings (SSSR count). The molecule has 19 heavy (non-hydrogen) atoms. The molecule has 0 atom stereocenters. The van der Waals surface area contributed by atoms with Gasteiger partial charge >= 0.3 is 5.97 Å². The highest BCUT2D eigenvalue weighted by Crippen LogP contribution is 2.29. The van der Waals surface area contributed by atoms with Gasteiger partial charge in [0.1, 0.15) is 12.2 Å². The van der Waals surface area contributed by atoms with E-state index in [1.807, 2.05) is 17.7 Å². The molecule has 6 heteroatoms. The van der Waals surface area contributed by atoms with Crippen molar-refractivity contribution < 1.29 is 14.7 Å². The smallest absolute Gasteiger partial charge is 0.323 e. The van der Waals surface area contributed by atoms with Crippen LogP contribution in [0.25, 0.3) is 0 Å². The Morgan fingerprint density at radius 1 is 1.53 bits per heavy atom. The number of rotatable bonds is 6. The van der Waals surface area contributed by atoms with Crippen LogP contribution < -0.4 is 0 Å². The first-order valence-electron chi connectivity index (χ1n) is 6.41. The molecule has 0 aliphatic heterocycles. The Balaban J connectivity index is 2.23.